The van der Waals surface area contributed by atoms with Crippen molar-refractivity contribution < 1.29 is 14.7 Å². The van der Waals surface area contributed by atoms with E-state index in [1.54, 1.807) is 35.0 Å². The summed E-state index contributed by atoms with van der Waals surface area (Å²) in [6.07, 6.45) is 0. The molecule has 0 atom stereocenters. The lowest BCUT2D eigenvalue weighted by atomic mass is 9.91. The number of hydrogen-bond acceptors (Lipinski definition) is 3. The third kappa shape index (κ3) is 2.94. The summed E-state index contributed by atoms with van der Waals surface area (Å²) in [5, 5.41) is 13.2. The van der Waals surface area contributed by atoms with Crippen LogP contribution in [0.5, 0.6) is 0 Å². The fourth-order valence-electron chi connectivity index (χ4n) is 1.98. The number of nitrogens with zero attached hydrogens (tertiary/aromatic N) is 2. The molecule has 0 aliphatic rings. The molecule has 0 aliphatic carbocycles. The summed E-state index contributed by atoms with van der Waals surface area (Å²) >= 11 is 0. The van der Waals surface area contributed by atoms with Gasteiger partial charge in [0, 0.05) is 11.0 Å². The average molecular weight is 287 g/mol. The van der Waals surface area contributed by atoms with Gasteiger partial charge in [-0.25, -0.2) is 9.48 Å². The molecule has 0 saturated carbocycles. The Bertz CT molecular complexity index is 694. The quantitative estimate of drug-likeness (QED) is 0.901. The van der Waals surface area contributed by atoms with Gasteiger partial charge >= 0.3 is 5.97 Å². The van der Waals surface area contributed by atoms with Gasteiger partial charge in [0.15, 0.2) is 5.69 Å². The van der Waals surface area contributed by atoms with Crippen LogP contribution in [-0.4, -0.2) is 26.8 Å². The molecule has 1 heterocycles. The Morgan fingerprint density at radius 2 is 1.76 bits per heavy atom. The number of rotatable bonds is 3. The van der Waals surface area contributed by atoms with Gasteiger partial charge in [0.1, 0.15) is 0 Å². The van der Waals surface area contributed by atoms with Crippen LogP contribution in [0.4, 0.5) is 0 Å². The molecule has 2 aromatic rings. The van der Waals surface area contributed by atoms with Gasteiger partial charge in [-0.1, -0.05) is 20.8 Å². The zero-order valence-electron chi connectivity index (χ0n) is 12.1. The second-order valence-corrected chi connectivity index (χ2v) is 5.79. The number of carboxylic acids is 1. The molecule has 110 valence electrons. The number of hydrogen-bond donors (Lipinski definition) is 2. The first-order chi connectivity index (χ1) is 9.70. The van der Waals surface area contributed by atoms with Crippen molar-refractivity contribution in [2.24, 2.45) is 5.73 Å². The highest BCUT2D eigenvalue weighted by molar-refractivity contribution is 5.92. The molecule has 0 saturated heterocycles. The molecule has 0 fully saturated rings. The van der Waals surface area contributed by atoms with Crippen molar-refractivity contribution >= 4 is 11.9 Å². The monoisotopic (exact) mass is 287 g/mol. The van der Waals surface area contributed by atoms with Gasteiger partial charge in [-0.05, 0) is 30.3 Å². The van der Waals surface area contributed by atoms with Crippen molar-refractivity contribution in [2.75, 3.05) is 0 Å². The van der Waals surface area contributed by atoms with Gasteiger partial charge in [0.25, 0.3) is 0 Å². The smallest absolute Gasteiger partial charge is 0.356 e. The van der Waals surface area contributed by atoms with E-state index in [0.717, 1.165) is 5.69 Å². The fraction of sp³-hybridized carbons (Fsp3) is 0.267. The number of amides is 1. The number of nitrogens with two attached hydrogens (primary N) is 1. The van der Waals surface area contributed by atoms with Crippen molar-refractivity contribution in [1.82, 2.24) is 9.78 Å². The van der Waals surface area contributed by atoms with Crippen LogP contribution in [0, 0.1) is 0 Å². The zero-order chi connectivity index (χ0) is 15.8. The van der Waals surface area contributed by atoms with Crippen LogP contribution in [0.2, 0.25) is 0 Å². The van der Waals surface area contributed by atoms with Gasteiger partial charge in [0.2, 0.25) is 5.91 Å². The lowest BCUT2D eigenvalue weighted by Crippen LogP contribution is -2.17. The predicted octanol–water partition coefficient (Wildman–Crippen LogP) is 1.97. The third-order valence-corrected chi connectivity index (χ3v) is 3.09. The van der Waals surface area contributed by atoms with Gasteiger partial charge in [0.05, 0.1) is 11.4 Å². The number of carbonyl (C=O) groups excluding carboxylic acids is 1. The van der Waals surface area contributed by atoms with Crippen LogP contribution in [0.15, 0.2) is 30.3 Å². The SMILES string of the molecule is CC(C)(C)c1cc(C(=O)O)nn1-c1ccc(C(N)=O)cc1. The summed E-state index contributed by atoms with van der Waals surface area (Å²) in [4.78, 5) is 22.2. The Kier molecular flexibility index (Phi) is 3.55. The van der Waals surface area contributed by atoms with E-state index in [1.807, 2.05) is 20.8 Å². The molecule has 2 rings (SSSR count). The molecule has 1 aromatic carbocycles. The Morgan fingerprint density at radius 1 is 1.19 bits per heavy atom. The first-order valence-electron chi connectivity index (χ1n) is 6.44. The number of aromatic carboxylic acids is 1. The maximum absolute atomic E-state index is 11.1. The highest BCUT2D eigenvalue weighted by Crippen LogP contribution is 2.26. The molecular formula is C15H17N3O3. The fourth-order valence-corrected chi connectivity index (χ4v) is 1.98. The number of carbonyl (C=O) groups is 2. The molecule has 0 bridgehead atoms. The van der Waals surface area contributed by atoms with Crippen LogP contribution >= 0.6 is 0 Å². The molecule has 1 aromatic heterocycles. The van der Waals surface area contributed by atoms with Crippen molar-refractivity contribution in [3.05, 3.63) is 47.3 Å². The molecule has 1 amide bonds. The Balaban J connectivity index is 2.56. The molecule has 0 spiro atoms. The van der Waals surface area contributed by atoms with Crippen LogP contribution in [0.25, 0.3) is 5.69 Å². The lowest BCUT2D eigenvalue weighted by Gasteiger charge is -2.20. The van der Waals surface area contributed by atoms with E-state index in [9.17, 15) is 9.59 Å². The standard InChI is InChI=1S/C15H17N3O3/c1-15(2,3)12-8-11(14(20)21)17-18(12)10-6-4-9(5-7-10)13(16)19/h4-8H,1-3H3,(H2,16,19)(H,20,21). The van der Waals surface area contributed by atoms with Crippen molar-refractivity contribution in [2.45, 2.75) is 26.2 Å². The van der Waals surface area contributed by atoms with Gasteiger partial charge in [-0.15, -0.1) is 0 Å². The van der Waals surface area contributed by atoms with Crippen LogP contribution in [0.1, 0.15) is 47.3 Å². The minimum Gasteiger partial charge on any atom is -0.476 e. The summed E-state index contributed by atoms with van der Waals surface area (Å²) in [5.41, 5.74) is 6.76. The van der Waals surface area contributed by atoms with Crippen molar-refractivity contribution in [1.29, 1.82) is 0 Å². The molecule has 0 radical (unpaired) electrons. The Labute approximate surface area is 122 Å². The normalized spacial score (nSPS) is 11.4. The molecule has 6 heteroatoms. The number of carboxylic acid groups (broad SMARTS) is 1. The average Bonchev–Trinajstić information content (AvgIpc) is 2.84. The van der Waals surface area contributed by atoms with Gasteiger partial charge in [-0.2, -0.15) is 5.10 Å². The number of aromatic nitrogens is 2. The molecule has 0 unspecified atom stereocenters. The van der Waals surface area contributed by atoms with Gasteiger partial charge < -0.3 is 10.8 Å². The topological polar surface area (TPSA) is 98.2 Å². The highest BCUT2D eigenvalue weighted by Gasteiger charge is 2.24. The first kappa shape index (κ1) is 14.8. The van der Waals surface area contributed by atoms with E-state index in [2.05, 4.69) is 5.10 Å². The van der Waals surface area contributed by atoms with Crippen LogP contribution in [-0.2, 0) is 5.41 Å². The number of primary amides is 1. The van der Waals surface area contributed by atoms with Crippen LogP contribution < -0.4 is 5.73 Å². The molecule has 3 N–H and O–H groups in total. The van der Waals surface area contributed by atoms with Crippen LogP contribution in [0.3, 0.4) is 0 Å². The van der Waals surface area contributed by atoms with E-state index in [1.165, 1.54) is 0 Å². The molecular weight excluding hydrogens is 270 g/mol. The van der Waals surface area contributed by atoms with Crippen molar-refractivity contribution in [3.8, 4) is 5.69 Å². The summed E-state index contributed by atoms with van der Waals surface area (Å²) in [7, 11) is 0. The second-order valence-electron chi connectivity index (χ2n) is 5.79. The van der Waals surface area contributed by atoms with E-state index in [4.69, 9.17) is 10.8 Å². The zero-order valence-corrected chi connectivity index (χ0v) is 12.1. The summed E-state index contributed by atoms with van der Waals surface area (Å²) in [6.45, 7) is 5.93. The maximum Gasteiger partial charge on any atom is 0.356 e. The summed E-state index contributed by atoms with van der Waals surface area (Å²) in [6, 6.07) is 8.12. The third-order valence-electron chi connectivity index (χ3n) is 3.09. The molecule has 21 heavy (non-hydrogen) atoms. The van der Waals surface area contributed by atoms with E-state index in [0.29, 0.717) is 11.3 Å². The highest BCUT2D eigenvalue weighted by atomic mass is 16.4. The second kappa shape index (κ2) is 5.05. The van der Waals surface area contributed by atoms with E-state index in [-0.39, 0.29) is 11.1 Å². The van der Waals surface area contributed by atoms with E-state index < -0.39 is 11.9 Å². The minimum absolute atomic E-state index is 0.0149. The minimum atomic E-state index is -1.08. The molecule has 6 nitrogen and oxygen atoms in total. The summed E-state index contributed by atoms with van der Waals surface area (Å²) < 4.78 is 1.58. The van der Waals surface area contributed by atoms with Crippen molar-refractivity contribution in [3.63, 3.8) is 0 Å². The molecule has 0 aliphatic heterocycles. The van der Waals surface area contributed by atoms with Gasteiger partial charge in [-0.3, -0.25) is 4.79 Å². The largest absolute Gasteiger partial charge is 0.476 e. The predicted molar refractivity (Wildman–Crippen MR) is 77.7 cm³/mol. The summed E-state index contributed by atoms with van der Waals surface area (Å²) in [5.74, 6) is -1.59. The Morgan fingerprint density at radius 3 is 2.19 bits per heavy atom. The lowest BCUT2D eigenvalue weighted by molar-refractivity contribution is 0.0689. The Hall–Kier alpha value is -2.63. The maximum atomic E-state index is 11.1. The van der Waals surface area contributed by atoms with E-state index >= 15 is 0 Å². The first-order valence-corrected chi connectivity index (χ1v) is 6.44. The number of benzene rings is 1.